The number of hydrazine groups is 1. The quantitative estimate of drug-likeness (QED) is 0.156. The van der Waals surface area contributed by atoms with Crippen LogP contribution in [0, 0.1) is 5.82 Å². The molecule has 0 aliphatic rings. The largest absolute Gasteiger partial charge is 0.759 e. The van der Waals surface area contributed by atoms with Gasteiger partial charge in [0.1, 0.15) is 10.8 Å². The molecular formula is C26H23FN5O6S3-. The maximum absolute atomic E-state index is 13.8. The molecule has 15 heteroatoms. The summed E-state index contributed by atoms with van der Waals surface area (Å²) in [5.74, 6) is -1.18. The van der Waals surface area contributed by atoms with Gasteiger partial charge >= 0.3 is 0 Å². The Hall–Kier alpha value is -3.44. The van der Waals surface area contributed by atoms with Crippen molar-refractivity contribution in [2.45, 2.75) is 24.2 Å². The van der Waals surface area contributed by atoms with Gasteiger partial charge in [-0.2, -0.15) is 4.83 Å². The normalized spacial score (nSPS) is 13.4. The monoisotopic (exact) mass is 616 g/mol. The molecular weight excluding hydrogens is 594 g/mol. The molecule has 5 rings (SSSR count). The highest BCUT2D eigenvalue weighted by atomic mass is 32.2. The lowest BCUT2D eigenvalue weighted by molar-refractivity contribution is 0.185. The fraction of sp³-hybridized carbons (Fsp3) is 0.192. The minimum Gasteiger partial charge on any atom is -0.759 e. The Bertz CT molecular complexity index is 1780. The number of nitrogens with zero attached hydrogens (tertiary/aromatic N) is 3. The second-order valence-electron chi connectivity index (χ2n) is 8.90. The summed E-state index contributed by atoms with van der Waals surface area (Å²) in [7, 11) is -2.42. The van der Waals surface area contributed by atoms with Gasteiger partial charge in [-0.1, -0.05) is 42.5 Å². The van der Waals surface area contributed by atoms with Crippen LogP contribution in [-0.2, 0) is 44.7 Å². The summed E-state index contributed by atoms with van der Waals surface area (Å²) in [4.78, 5) is 6.56. The summed E-state index contributed by atoms with van der Waals surface area (Å²) < 4.78 is 74.0. The van der Waals surface area contributed by atoms with Gasteiger partial charge in [-0.15, -0.1) is 21.5 Å². The number of fused-ring (bicyclic) bond motifs is 1. The van der Waals surface area contributed by atoms with Crippen molar-refractivity contribution in [2.75, 3.05) is 7.11 Å². The molecule has 3 aromatic carbocycles. The number of methoxy groups -OCH3 is 1. The van der Waals surface area contributed by atoms with Crippen molar-refractivity contribution < 1.29 is 30.7 Å². The summed E-state index contributed by atoms with van der Waals surface area (Å²) in [6.07, 6.45) is 0. The van der Waals surface area contributed by atoms with Crippen LogP contribution in [-0.4, -0.2) is 39.5 Å². The predicted molar refractivity (Wildman–Crippen MR) is 150 cm³/mol. The number of sulfone groups is 1. The molecule has 2 unspecified atom stereocenters. The highest BCUT2D eigenvalue weighted by Gasteiger charge is 2.37. The zero-order valence-corrected chi connectivity index (χ0v) is 23.9. The van der Waals surface area contributed by atoms with Crippen molar-refractivity contribution in [3.8, 4) is 11.1 Å². The summed E-state index contributed by atoms with van der Waals surface area (Å²) in [6, 6.07) is 18.7. The number of ether oxygens (including phenoxy) is 1. The van der Waals surface area contributed by atoms with Crippen molar-refractivity contribution >= 4 is 42.7 Å². The van der Waals surface area contributed by atoms with E-state index in [0.29, 0.717) is 17.7 Å². The summed E-state index contributed by atoms with van der Waals surface area (Å²) in [6.45, 7) is 0.325. The third kappa shape index (κ3) is 7.08. The predicted octanol–water partition coefficient (Wildman–Crippen LogP) is 3.72. The Labute approximate surface area is 241 Å². The number of thiazole rings is 1. The van der Waals surface area contributed by atoms with Gasteiger partial charge in [-0.3, -0.25) is 4.21 Å². The molecule has 0 saturated carbocycles. The number of benzene rings is 3. The fourth-order valence-electron chi connectivity index (χ4n) is 4.12. The van der Waals surface area contributed by atoms with E-state index in [1.807, 2.05) is 47.3 Å². The van der Waals surface area contributed by atoms with Crippen LogP contribution in [0.3, 0.4) is 0 Å². The lowest BCUT2D eigenvalue weighted by atomic mass is 10.0. The molecule has 0 radical (unpaired) electrons. The van der Waals surface area contributed by atoms with E-state index in [9.17, 15) is 21.6 Å². The van der Waals surface area contributed by atoms with E-state index in [1.54, 1.807) is 7.11 Å². The third-order valence-electron chi connectivity index (χ3n) is 5.97. The Morgan fingerprint density at radius 2 is 1.76 bits per heavy atom. The van der Waals surface area contributed by atoms with Crippen LogP contribution in [0.25, 0.3) is 21.3 Å². The lowest BCUT2D eigenvalue weighted by Crippen LogP contribution is -2.32. The molecule has 0 saturated heterocycles. The first-order chi connectivity index (χ1) is 19.7. The highest BCUT2D eigenvalue weighted by molar-refractivity contribution is 7.91. The van der Waals surface area contributed by atoms with E-state index in [2.05, 4.69) is 20.6 Å². The zero-order valence-electron chi connectivity index (χ0n) is 21.4. The first kappa shape index (κ1) is 29.1. The molecule has 11 nitrogen and oxygen atoms in total. The van der Waals surface area contributed by atoms with Gasteiger partial charge in [0.05, 0.1) is 29.1 Å². The molecule has 214 valence electrons. The molecule has 5 aromatic rings. The Morgan fingerprint density at radius 1 is 1.05 bits per heavy atom. The fourth-order valence-corrected chi connectivity index (χ4v) is 7.46. The average Bonchev–Trinajstić information content (AvgIpc) is 3.57. The minimum absolute atomic E-state index is 0.0414. The standard InChI is InChI=1S/C26H24FN5O6S3/c1-37-14-16-2-6-18(7-3-16)19-8-11-21-22(12-19)39-26(29-21)24(25-31-30-23(38-25)13-28-32-40(33)34)41(35,36)15-17-4-9-20(27)10-5-17/h2-12,24,28,32H,13-15H2,1H3,(H,33,34)/p-1. The molecule has 0 spiro atoms. The van der Waals surface area contributed by atoms with E-state index in [4.69, 9.17) is 9.15 Å². The number of aromatic nitrogens is 3. The maximum atomic E-state index is 13.8. The number of hydrogen-bond acceptors (Lipinski definition) is 11. The van der Waals surface area contributed by atoms with Crippen molar-refractivity contribution in [1.29, 1.82) is 0 Å². The molecule has 0 bridgehead atoms. The van der Waals surface area contributed by atoms with Crippen molar-refractivity contribution in [3.05, 3.63) is 100 Å². The van der Waals surface area contributed by atoms with Gasteiger partial charge in [0.2, 0.25) is 11.8 Å². The topological polar surface area (TPSA) is 159 Å². The van der Waals surface area contributed by atoms with Crippen molar-refractivity contribution in [2.24, 2.45) is 0 Å². The number of rotatable bonds is 12. The van der Waals surface area contributed by atoms with Crippen molar-refractivity contribution in [3.63, 3.8) is 0 Å². The molecule has 0 fully saturated rings. The molecule has 2 N–H and O–H groups in total. The maximum Gasteiger partial charge on any atom is 0.241 e. The summed E-state index contributed by atoms with van der Waals surface area (Å²) in [5, 5.41) is 6.61. The second-order valence-corrected chi connectivity index (χ2v) is 12.7. The van der Waals surface area contributed by atoms with Gasteiger partial charge in [0.25, 0.3) is 0 Å². The van der Waals surface area contributed by atoms with Gasteiger partial charge in [0.15, 0.2) is 15.1 Å². The number of hydrogen-bond donors (Lipinski definition) is 2. The molecule has 41 heavy (non-hydrogen) atoms. The van der Waals surface area contributed by atoms with Crippen LogP contribution in [0.5, 0.6) is 0 Å². The zero-order chi connectivity index (χ0) is 29.0. The molecule has 0 aliphatic heterocycles. The molecule has 2 atom stereocenters. The van der Waals surface area contributed by atoms with Gasteiger partial charge in [-0.05, 0) is 46.5 Å². The van der Waals surface area contributed by atoms with E-state index in [1.165, 1.54) is 35.6 Å². The lowest BCUT2D eigenvalue weighted by Gasteiger charge is -2.12. The number of halogens is 1. The summed E-state index contributed by atoms with van der Waals surface area (Å²) >= 11 is -1.39. The Morgan fingerprint density at radius 3 is 2.46 bits per heavy atom. The Balaban J connectivity index is 1.50. The first-order valence-electron chi connectivity index (χ1n) is 12.1. The van der Waals surface area contributed by atoms with Gasteiger partial charge < -0.3 is 13.7 Å². The van der Waals surface area contributed by atoms with E-state index >= 15 is 0 Å². The molecule has 2 aromatic heterocycles. The summed E-state index contributed by atoms with van der Waals surface area (Å²) in [5.41, 5.74) is 6.28. The van der Waals surface area contributed by atoms with Crippen LogP contribution in [0.1, 0.15) is 33.2 Å². The van der Waals surface area contributed by atoms with Crippen LogP contribution in [0.2, 0.25) is 0 Å². The van der Waals surface area contributed by atoms with E-state index in [-0.39, 0.29) is 23.3 Å². The van der Waals surface area contributed by atoms with Crippen LogP contribution >= 0.6 is 11.3 Å². The van der Waals surface area contributed by atoms with Crippen LogP contribution in [0.4, 0.5) is 4.39 Å². The van der Waals surface area contributed by atoms with Crippen LogP contribution < -0.4 is 10.3 Å². The SMILES string of the molecule is COCc1ccc(-c2ccc3nc(C(c4nnc(CNNS(=O)[O-])o4)S(=O)(=O)Cc4ccc(F)cc4)sc3c2)cc1. The van der Waals surface area contributed by atoms with E-state index < -0.39 is 37.9 Å². The first-order valence-corrected chi connectivity index (χ1v) is 15.7. The second kappa shape index (κ2) is 12.6. The highest BCUT2D eigenvalue weighted by Crippen LogP contribution is 2.38. The van der Waals surface area contributed by atoms with Gasteiger partial charge in [0, 0.05) is 18.4 Å². The molecule has 2 heterocycles. The van der Waals surface area contributed by atoms with E-state index in [0.717, 1.165) is 21.4 Å². The molecule has 0 amide bonds. The minimum atomic E-state index is -4.05. The molecule has 0 aliphatic carbocycles. The Kier molecular flexibility index (Phi) is 8.94. The third-order valence-corrected chi connectivity index (χ3v) is 9.39. The van der Waals surface area contributed by atoms with Gasteiger partial charge in [-0.25, -0.2) is 23.2 Å². The average molecular weight is 617 g/mol. The smallest absolute Gasteiger partial charge is 0.241 e. The van der Waals surface area contributed by atoms with Crippen molar-refractivity contribution in [1.82, 2.24) is 25.4 Å². The number of nitrogens with one attached hydrogen (secondary N) is 2. The van der Waals surface area contributed by atoms with Crippen LogP contribution in [0.15, 0.2) is 71.1 Å².